The van der Waals surface area contributed by atoms with Crippen molar-refractivity contribution in [2.75, 3.05) is 42.9 Å². The fourth-order valence-electron chi connectivity index (χ4n) is 4.42. The van der Waals surface area contributed by atoms with Gasteiger partial charge < -0.3 is 15.1 Å². The highest BCUT2D eigenvalue weighted by molar-refractivity contribution is 6.39. The molecule has 2 aromatic heterocycles. The van der Waals surface area contributed by atoms with E-state index in [2.05, 4.69) is 46.4 Å². The Hall–Kier alpha value is -3.29. The molecule has 1 N–H and O–H groups in total. The molecule has 0 spiro atoms. The third-order valence-corrected chi connectivity index (χ3v) is 6.97. The number of hydrogen-bond donors (Lipinski definition) is 1. The van der Waals surface area contributed by atoms with Crippen molar-refractivity contribution in [3.05, 3.63) is 76.7 Å². The van der Waals surface area contributed by atoms with Crippen molar-refractivity contribution in [3.8, 4) is 11.3 Å². The summed E-state index contributed by atoms with van der Waals surface area (Å²) in [4.78, 5) is 26.1. The number of piperazine rings is 1. The van der Waals surface area contributed by atoms with E-state index < -0.39 is 0 Å². The number of aromatic nitrogens is 3. The number of carbonyl (C=O) groups is 1. The average Bonchev–Trinajstić information content (AvgIpc) is 3.26. The first kappa shape index (κ1) is 23.5. The number of anilines is 2. The lowest BCUT2D eigenvalue weighted by Gasteiger charge is -2.37. The Kier molecular flexibility index (Phi) is 6.79. The van der Waals surface area contributed by atoms with Gasteiger partial charge in [-0.2, -0.15) is 0 Å². The Bertz CT molecular complexity index is 1330. The van der Waals surface area contributed by atoms with Crippen LogP contribution in [0.1, 0.15) is 12.5 Å². The van der Waals surface area contributed by atoms with E-state index in [9.17, 15) is 4.79 Å². The highest BCUT2D eigenvalue weighted by atomic mass is 35.5. The van der Waals surface area contributed by atoms with Gasteiger partial charge in [0.1, 0.15) is 11.5 Å². The lowest BCUT2D eigenvalue weighted by molar-refractivity contribution is -0.129. The maximum absolute atomic E-state index is 13.1. The topological polar surface area (TPSA) is 65.8 Å². The van der Waals surface area contributed by atoms with Gasteiger partial charge in [-0.3, -0.25) is 14.2 Å². The summed E-state index contributed by atoms with van der Waals surface area (Å²) >= 11 is 12.7. The van der Waals surface area contributed by atoms with Gasteiger partial charge in [-0.25, -0.2) is 4.98 Å². The fraction of sp³-hybridized carbons (Fsp3) is 0.269. The molecule has 0 radical (unpaired) electrons. The van der Waals surface area contributed by atoms with Gasteiger partial charge >= 0.3 is 0 Å². The monoisotopic (exact) mass is 508 g/mol. The molecule has 0 atom stereocenters. The molecule has 0 aliphatic carbocycles. The normalized spacial score (nSPS) is 13.9. The molecular weight excluding hydrogens is 483 g/mol. The first-order valence-electron chi connectivity index (χ1n) is 11.7. The SMILES string of the molecule is CCc1ccc(-c2nc3cnccn3c2NCC(=O)N2CCN(c3c(Cl)cccc3Cl)CC2)cc1. The number of amides is 1. The van der Waals surface area contributed by atoms with Gasteiger partial charge in [0.2, 0.25) is 5.91 Å². The second kappa shape index (κ2) is 10.1. The molecule has 1 fully saturated rings. The molecule has 3 heterocycles. The molecule has 0 unspecified atom stereocenters. The highest BCUT2D eigenvalue weighted by Crippen LogP contribution is 2.34. The number of fused-ring (bicyclic) bond motifs is 1. The van der Waals surface area contributed by atoms with E-state index in [1.54, 1.807) is 12.4 Å². The Labute approximate surface area is 214 Å². The Balaban J connectivity index is 1.29. The van der Waals surface area contributed by atoms with Crippen LogP contribution in [0.3, 0.4) is 0 Å². The molecular formula is C26H26Cl2N6O. The summed E-state index contributed by atoms with van der Waals surface area (Å²) in [5.41, 5.74) is 4.61. The Morgan fingerprint density at radius 3 is 2.43 bits per heavy atom. The molecule has 5 rings (SSSR count). The molecule has 4 aromatic rings. The van der Waals surface area contributed by atoms with Crippen molar-refractivity contribution in [2.24, 2.45) is 0 Å². The molecule has 180 valence electrons. The van der Waals surface area contributed by atoms with Gasteiger partial charge in [0, 0.05) is 44.1 Å². The summed E-state index contributed by atoms with van der Waals surface area (Å²) < 4.78 is 1.93. The zero-order chi connectivity index (χ0) is 24.4. The molecule has 7 nitrogen and oxygen atoms in total. The molecule has 0 saturated carbocycles. The zero-order valence-electron chi connectivity index (χ0n) is 19.4. The summed E-state index contributed by atoms with van der Waals surface area (Å²) in [6.07, 6.45) is 6.26. The van der Waals surface area contributed by atoms with E-state index in [0.717, 1.165) is 34.8 Å². The van der Waals surface area contributed by atoms with Crippen molar-refractivity contribution in [3.63, 3.8) is 0 Å². The summed E-state index contributed by atoms with van der Waals surface area (Å²) in [5, 5.41) is 4.60. The van der Waals surface area contributed by atoms with E-state index >= 15 is 0 Å². The van der Waals surface area contributed by atoms with Gasteiger partial charge in [-0.05, 0) is 24.1 Å². The fourth-order valence-corrected chi connectivity index (χ4v) is 5.05. The first-order valence-corrected chi connectivity index (χ1v) is 12.4. The Morgan fingerprint density at radius 2 is 1.74 bits per heavy atom. The van der Waals surface area contributed by atoms with Crippen molar-refractivity contribution < 1.29 is 4.79 Å². The van der Waals surface area contributed by atoms with Crippen LogP contribution in [0.25, 0.3) is 16.9 Å². The van der Waals surface area contributed by atoms with Crippen LogP contribution in [-0.2, 0) is 11.2 Å². The second-order valence-corrected chi connectivity index (χ2v) is 9.27. The van der Waals surface area contributed by atoms with Gasteiger partial charge in [0.15, 0.2) is 5.65 Å². The van der Waals surface area contributed by atoms with E-state index in [1.165, 1.54) is 5.56 Å². The Morgan fingerprint density at radius 1 is 1.03 bits per heavy atom. The molecule has 1 aliphatic heterocycles. The minimum atomic E-state index is 0.0335. The number of hydrogen-bond acceptors (Lipinski definition) is 5. The van der Waals surface area contributed by atoms with Gasteiger partial charge in [-0.1, -0.05) is 60.5 Å². The van der Waals surface area contributed by atoms with Crippen molar-refractivity contribution >= 4 is 46.3 Å². The predicted molar refractivity (Wildman–Crippen MR) is 142 cm³/mol. The van der Waals surface area contributed by atoms with Crippen LogP contribution in [0.4, 0.5) is 11.5 Å². The van der Waals surface area contributed by atoms with Gasteiger partial charge in [0.25, 0.3) is 0 Å². The minimum Gasteiger partial charge on any atom is -0.366 e. The van der Waals surface area contributed by atoms with Crippen LogP contribution in [0, 0.1) is 0 Å². The molecule has 1 aliphatic rings. The van der Waals surface area contributed by atoms with E-state index in [1.807, 2.05) is 33.7 Å². The average molecular weight is 509 g/mol. The van der Waals surface area contributed by atoms with Gasteiger partial charge in [-0.15, -0.1) is 0 Å². The van der Waals surface area contributed by atoms with E-state index in [0.29, 0.717) is 36.2 Å². The predicted octanol–water partition coefficient (Wildman–Crippen LogP) is 5.03. The lowest BCUT2D eigenvalue weighted by atomic mass is 10.1. The number of nitrogens with zero attached hydrogens (tertiary/aromatic N) is 5. The van der Waals surface area contributed by atoms with Crippen molar-refractivity contribution in [1.29, 1.82) is 0 Å². The van der Waals surface area contributed by atoms with Crippen LogP contribution >= 0.6 is 23.2 Å². The van der Waals surface area contributed by atoms with Crippen molar-refractivity contribution in [2.45, 2.75) is 13.3 Å². The molecule has 9 heteroatoms. The number of imidazole rings is 1. The van der Waals surface area contributed by atoms with Crippen LogP contribution in [0.15, 0.2) is 61.1 Å². The quantitative estimate of drug-likeness (QED) is 0.395. The minimum absolute atomic E-state index is 0.0335. The lowest BCUT2D eigenvalue weighted by Crippen LogP contribution is -2.50. The molecule has 0 bridgehead atoms. The number of para-hydroxylation sites is 1. The number of nitrogens with one attached hydrogen (secondary N) is 1. The third kappa shape index (κ3) is 4.79. The van der Waals surface area contributed by atoms with E-state index in [4.69, 9.17) is 28.2 Å². The smallest absolute Gasteiger partial charge is 0.242 e. The highest BCUT2D eigenvalue weighted by Gasteiger charge is 2.24. The van der Waals surface area contributed by atoms with Crippen molar-refractivity contribution in [1.82, 2.24) is 19.3 Å². The summed E-state index contributed by atoms with van der Waals surface area (Å²) in [5.74, 6) is 0.813. The van der Waals surface area contributed by atoms with Crippen LogP contribution in [0.5, 0.6) is 0 Å². The summed E-state index contributed by atoms with van der Waals surface area (Å²) in [6.45, 7) is 4.85. The maximum atomic E-state index is 13.1. The number of aryl methyl sites for hydroxylation is 1. The van der Waals surface area contributed by atoms with Gasteiger partial charge in [0.05, 0.1) is 28.5 Å². The number of halogens is 2. The summed E-state index contributed by atoms with van der Waals surface area (Å²) in [7, 11) is 0. The first-order chi connectivity index (χ1) is 17.0. The maximum Gasteiger partial charge on any atom is 0.242 e. The summed E-state index contributed by atoms with van der Waals surface area (Å²) in [6, 6.07) is 13.9. The van der Waals surface area contributed by atoms with Crippen LogP contribution < -0.4 is 10.2 Å². The second-order valence-electron chi connectivity index (χ2n) is 8.46. The van der Waals surface area contributed by atoms with Crippen LogP contribution in [0.2, 0.25) is 10.0 Å². The molecule has 2 aromatic carbocycles. The standard InChI is InChI=1S/C26H26Cl2N6O/c1-2-18-6-8-19(9-7-18)24-26(34-11-10-29-16-22(34)31-24)30-17-23(35)32-12-14-33(15-13-32)25-20(27)4-3-5-21(25)28/h3-11,16,30H,2,12-15,17H2,1H3. The largest absolute Gasteiger partial charge is 0.366 e. The molecule has 1 saturated heterocycles. The van der Waals surface area contributed by atoms with Crippen LogP contribution in [-0.4, -0.2) is 57.9 Å². The molecule has 35 heavy (non-hydrogen) atoms. The van der Waals surface area contributed by atoms with E-state index in [-0.39, 0.29) is 12.5 Å². The number of carbonyl (C=O) groups excluding carboxylic acids is 1. The zero-order valence-corrected chi connectivity index (χ0v) is 20.9. The molecule has 1 amide bonds. The number of rotatable bonds is 6. The third-order valence-electron chi connectivity index (χ3n) is 6.36. The number of benzene rings is 2.